The van der Waals surface area contributed by atoms with Gasteiger partial charge in [0.15, 0.2) is 0 Å². The van der Waals surface area contributed by atoms with Crippen molar-refractivity contribution in [3.05, 3.63) is 29.8 Å². The number of ether oxygens (including phenoxy) is 2. The van der Waals surface area contributed by atoms with E-state index in [9.17, 15) is 18.3 Å². The van der Waals surface area contributed by atoms with Crippen LogP contribution in [0.1, 0.15) is 83.6 Å². The van der Waals surface area contributed by atoms with Crippen molar-refractivity contribution in [1.82, 2.24) is 9.62 Å². The van der Waals surface area contributed by atoms with Crippen molar-refractivity contribution in [3.63, 3.8) is 0 Å². The van der Waals surface area contributed by atoms with Crippen LogP contribution < -0.4 is 4.72 Å². The molecule has 1 aromatic carbocycles. The first-order valence-electron chi connectivity index (χ1n) is 12.9. The molecule has 0 radical (unpaired) electrons. The van der Waals surface area contributed by atoms with E-state index >= 15 is 0 Å². The molecule has 2 heterocycles. The molecule has 3 fully saturated rings. The summed E-state index contributed by atoms with van der Waals surface area (Å²) < 4.78 is 40.2. The van der Waals surface area contributed by atoms with Crippen LogP contribution in [-0.2, 0) is 19.5 Å². The summed E-state index contributed by atoms with van der Waals surface area (Å²) in [7, 11) is -3.40. The standard InChI is InChI=1S/C26H40N2O6S/c1-25(2,3)34-24(30)28-16-6-14-26(15-7-17-35(31,32)27-26)23(28)18-33-20-12-10-19(11-13-20)21-8-4-5-9-22(21)29/h4-5,8-9,19-20,23,27,29H,6-7,10-18H2,1-3H3. The fourth-order valence-electron chi connectivity index (χ4n) is 5.97. The number of piperidine rings is 1. The van der Waals surface area contributed by atoms with Gasteiger partial charge in [-0.25, -0.2) is 17.9 Å². The van der Waals surface area contributed by atoms with Crippen LogP contribution in [0.3, 0.4) is 0 Å². The second-order valence-electron chi connectivity index (χ2n) is 11.3. The molecule has 0 bridgehead atoms. The molecule has 1 aromatic rings. The highest BCUT2D eigenvalue weighted by molar-refractivity contribution is 7.89. The van der Waals surface area contributed by atoms with Gasteiger partial charge < -0.3 is 19.5 Å². The van der Waals surface area contributed by atoms with E-state index in [1.54, 1.807) is 11.0 Å². The minimum atomic E-state index is -3.40. The molecule has 3 aliphatic rings. The second kappa shape index (κ2) is 10.3. The molecule has 4 rings (SSSR count). The smallest absolute Gasteiger partial charge is 0.410 e. The van der Waals surface area contributed by atoms with Gasteiger partial charge in [-0.1, -0.05) is 18.2 Å². The third kappa shape index (κ3) is 6.30. The largest absolute Gasteiger partial charge is 0.508 e. The molecule has 8 nitrogen and oxygen atoms in total. The van der Waals surface area contributed by atoms with Crippen molar-refractivity contribution in [2.75, 3.05) is 18.9 Å². The number of carbonyl (C=O) groups is 1. The van der Waals surface area contributed by atoms with E-state index < -0.39 is 33.3 Å². The molecular weight excluding hydrogens is 468 g/mol. The van der Waals surface area contributed by atoms with E-state index in [-0.39, 0.29) is 18.5 Å². The number of rotatable bonds is 4. The minimum Gasteiger partial charge on any atom is -0.508 e. The molecule has 9 heteroatoms. The van der Waals surface area contributed by atoms with Crippen LogP contribution in [0, 0.1) is 0 Å². The number of likely N-dealkylation sites (tertiary alicyclic amines) is 1. The van der Waals surface area contributed by atoms with Gasteiger partial charge in [-0.2, -0.15) is 0 Å². The number of phenols is 1. The molecule has 1 amide bonds. The lowest BCUT2D eigenvalue weighted by Crippen LogP contribution is -2.69. The Hall–Kier alpha value is -1.84. The normalized spacial score (nSPS) is 31.3. The molecule has 2 unspecified atom stereocenters. The summed E-state index contributed by atoms with van der Waals surface area (Å²) in [5.74, 6) is 0.768. The number of para-hydroxylation sites is 1. The third-order valence-corrected chi connectivity index (χ3v) is 9.14. The molecule has 35 heavy (non-hydrogen) atoms. The number of hydrogen-bond donors (Lipinski definition) is 2. The Kier molecular flexibility index (Phi) is 7.69. The fourth-order valence-corrected chi connectivity index (χ4v) is 7.56. The molecule has 196 valence electrons. The Morgan fingerprint density at radius 2 is 1.83 bits per heavy atom. The Morgan fingerprint density at radius 1 is 1.14 bits per heavy atom. The van der Waals surface area contributed by atoms with Crippen molar-refractivity contribution in [2.45, 2.75) is 101 Å². The zero-order valence-electron chi connectivity index (χ0n) is 21.2. The lowest BCUT2D eigenvalue weighted by molar-refractivity contribution is -0.0589. The monoisotopic (exact) mass is 508 g/mol. The molecule has 2 aliphatic heterocycles. The first-order chi connectivity index (χ1) is 16.5. The van der Waals surface area contributed by atoms with Gasteiger partial charge in [-0.3, -0.25) is 0 Å². The summed E-state index contributed by atoms with van der Waals surface area (Å²) in [5, 5.41) is 10.2. The van der Waals surface area contributed by atoms with Crippen molar-refractivity contribution < 1.29 is 27.8 Å². The van der Waals surface area contributed by atoms with Crippen molar-refractivity contribution in [3.8, 4) is 5.75 Å². The Labute approximate surface area is 209 Å². The highest BCUT2D eigenvalue weighted by Gasteiger charge is 2.51. The molecule has 0 aromatic heterocycles. The average Bonchev–Trinajstić information content (AvgIpc) is 2.77. The summed E-state index contributed by atoms with van der Waals surface area (Å²) >= 11 is 0. The first-order valence-corrected chi connectivity index (χ1v) is 14.5. The van der Waals surface area contributed by atoms with E-state index in [4.69, 9.17) is 9.47 Å². The zero-order valence-corrected chi connectivity index (χ0v) is 22.0. The molecule has 2 saturated heterocycles. The summed E-state index contributed by atoms with van der Waals surface area (Å²) in [6.45, 7) is 6.30. The van der Waals surface area contributed by atoms with Crippen LogP contribution in [0.4, 0.5) is 4.79 Å². The quantitative estimate of drug-likeness (QED) is 0.629. The zero-order chi connectivity index (χ0) is 25.3. The van der Waals surface area contributed by atoms with Crippen molar-refractivity contribution in [1.29, 1.82) is 0 Å². The van der Waals surface area contributed by atoms with Gasteiger partial charge in [0.1, 0.15) is 11.4 Å². The van der Waals surface area contributed by atoms with Crippen LogP contribution in [0.15, 0.2) is 24.3 Å². The summed E-state index contributed by atoms with van der Waals surface area (Å²) in [6, 6.07) is 7.09. The minimum absolute atomic E-state index is 0.0387. The van der Waals surface area contributed by atoms with Gasteiger partial charge in [0.05, 0.1) is 30.0 Å². The molecule has 1 spiro atoms. The molecule has 2 atom stereocenters. The predicted octanol–water partition coefficient (Wildman–Crippen LogP) is 4.29. The van der Waals surface area contributed by atoms with E-state index in [1.807, 2.05) is 39.0 Å². The van der Waals surface area contributed by atoms with Crippen LogP contribution in [-0.4, -0.2) is 66.7 Å². The van der Waals surface area contributed by atoms with E-state index in [0.29, 0.717) is 43.9 Å². The van der Waals surface area contributed by atoms with Gasteiger partial charge in [0, 0.05) is 6.54 Å². The number of benzene rings is 1. The third-order valence-electron chi connectivity index (χ3n) is 7.60. The number of nitrogens with one attached hydrogen (secondary N) is 1. The number of aromatic hydroxyl groups is 1. The summed E-state index contributed by atoms with van der Waals surface area (Å²) in [5.41, 5.74) is -0.371. The van der Waals surface area contributed by atoms with Gasteiger partial charge in [-0.05, 0) is 89.7 Å². The van der Waals surface area contributed by atoms with E-state index in [0.717, 1.165) is 31.2 Å². The number of sulfonamides is 1. The number of hydrogen-bond acceptors (Lipinski definition) is 6. The van der Waals surface area contributed by atoms with Crippen molar-refractivity contribution in [2.24, 2.45) is 0 Å². The topological polar surface area (TPSA) is 105 Å². The van der Waals surface area contributed by atoms with Crippen LogP contribution in [0.25, 0.3) is 0 Å². The molecule has 1 saturated carbocycles. The second-order valence-corrected chi connectivity index (χ2v) is 13.2. The van der Waals surface area contributed by atoms with Gasteiger partial charge >= 0.3 is 6.09 Å². The molecule has 2 N–H and O–H groups in total. The van der Waals surface area contributed by atoms with Gasteiger partial charge in [-0.15, -0.1) is 0 Å². The lowest BCUT2D eigenvalue weighted by atomic mass is 9.78. The first kappa shape index (κ1) is 26.2. The Morgan fingerprint density at radius 3 is 2.49 bits per heavy atom. The average molecular weight is 509 g/mol. The highest BCUT2D eigenvalue weighted by atomic mass is 32.2. The molecular formula is C26H40N2O6S. The van der Waals surface area contributed by atoms with Crippen molar-refractivity contribution >= 4 is 16.1 Å². The number of amides is 1. The SMILES string of the molecule is CC(C)(C)OC(=O)N1CCCC2(CCCS(=O)(=O)N2)C1COC1CCC(c2ccccc2O)CC1. The highest BCUT2D eigenvalue weighted by Crippen LogP contribution is 2.40. The lowest BCUT2D eigenvalue weighted by Gasteiger charge is -2.51. The van der Waals surface area contributed by atoms with Crippen LogP contribution in [0.5, 0.6) is 5.75 Å². The molecule has 1 aliphatic carbocycles. The van der Waals surface area contributed by atoms with E-state index in [2.05, 4.69) is 4.72 Å². The fraction of sp³-hybridized carbons (Fsp3) is 0.731. The maximum Gasteiger partial charge on any atom is 0.410 e. The van der Waals surface area contributed by atoms with Crippen LogP contribution in [0.2, 0.25) is 0 Å². The summed E-state index contributed by atoms with van der Waals surface area (Å²) in [4.78, 5) is 14.8. The maximum atomic E-state index is 13.1. The number of phenolic OH excluding ortho intramolecular Hbond substituents is 1. The number of carbonyl (C=O) groups excluding carboxylic acids is 1. The predicted molar refractivity (Wildman–Crippen MR) is 134 cm³/mol. The number of nitrogens with zero attached hydrogens (tertiary/aromatic N) is 1. The van der Waals surface area contributed by atoms with E-state index in [1.165, 1.54) is 0 Å². The summed E-state index contributed by atoms with van der Waals surface area (Å²) in [6.07, 6.45) is 5.81. The Balaban J connectivity index is 1.46. The maximum absolute atomic E-state index is 13.1. The Bertz CT molecular complexity index is 995. The van der Waals surface area contributed by atoms with Gasteiger partial charge in [0.2, 0.25) is 10.0 Å². The van der Waals surface area contributed by atoms with Crippen LogP contribution >= 0.6 is 0 Å². The van der Waals surface area contributed by atoms with Gasteiger partial charge in [0.25, 0.3) is 0 Å².